The summed E-state index contributed by atoms with van der Waals surface area (Å²) in [6, 6.07) is 9.17. The molecule has 1 fully saturated rings. The quantitative estimate of drug-likeness (QED) is 0.719. The van der Waals surface area contributed by atoms with Crippen LogP contribution in [-0.2, 0) is 6.54 Å². The molecular formula is C19H31NO. The van der Waals surface area contributed by atoms with Crippen LogP contribution in [-0.4, -0.2) is 12.6 Å². The summed E-state index contributed by atoms with van der Waals surface area (Å²) in [7, 11) is 0. The second-order valence-electron chi connectivity index (χ2n) is 6.32. The average Bonchev–Trinajstić information content (AvgIpc) is 2.72. The summed E-state index contributed by atoms with van der Waals surface area (Å²) in [4.78, 5) is 0. The first kappa shape index (κ1) is 16.4. The topological polar surface area (TPSA) is 21.3 Å². The molecule has 1 saturated carbocycles. The molecule has 2 heteroatoms. The van der Waals surface area contributed by atoms with Crippen LogP contribution in [0.25, 0.3) is 0 Å². The van der Waals surface area contributed by atoms with E-state index < -0.39 is 0 Å². The third kappa shape index (κ3) is 5.70. The van der Waals surface area contributed by atoms with Crippen molar-refractivity contribution in [2.75, 3.05) is 6.61 Å². The lowest BCUT2D eigenvalue weighted by atomic mass is 9.95. The van der Waals surface area contributed by atoms with Crippen molar-refractivity contribution in [1.82, 2.24) is 5.32 Å². The van der Waals surface area contributed by atoms with Gasteiger partial charge in [0.1, 0.15) is 5.75 Å². The summed E-state index contributed by atoms with van der Waals surface area (Å²) in [5.41, 5.74) is 1.33. The highest BCUT2D eigenvalue weighted by Crippen LogP contribution is 2.27. The normalized spacial score (nSPS) is 22.8. The summed E-state index contributed by atoms with van der Waals surface area (Å²) >= 11 is 0. The Morgan fingerprint density at radius 2 is 2.05 bits per heavy atom. The number of hydrogen-bond donors (Lipinski definition) is 1. The molecule has 2 rings (SSSR count). The predicted octanol–water partition coefficient (Wildman–Crippen LogP) is 4.92. The number of nitrogens with one attached hydrogen (secondary N) is 1. The van der Waals surface area contributed by atoms with Gasteiger partial charge >= 0.3 is 0 Å². The van der Waals surface area contributed by atoms with Crippen molar-refractivity contribution in [2.45, 2.75) is 71.4 Å². The van der Waals surface area contributed by atoms with Crippen LogP contribution in [0.15, 0.2) is 24.3 Å². The predicted molar refractivity (Wildman–Crippen MR) is 89.7 cm³/mol. The first-order valence-corrected chi connectivity index (χ1v) is 8.77. The van der Waals surface area contributed by atoms with Crippen molar-refractivity contribution in [3.63, 3.8) is 0 Å². The molecule has 2 nitrogen and oxygen atoms in total. The van der Waals surface area contributed by atoms with Crippen LogP contribution in [0, 0.1) is 5.92 Å². The number of hydrogen-bond acceptors (Lipinski definition) is 2. The van der Waals surface area contributed by atoms with E-state index in [0.29, 0.717) is 6.04 Å². The van der Waals surface area contributed by atoms with Crippen molar-refractivity contribution in [1.29, 1.82) is 0 Å². The minimum absolute atomic E-state index is 0.697. The van der Waals surface area contributed by atoms with Gasteiger partial charge in [-0.25, -0.2) is 0 Å². The van der Waals surface area contributed by atoms with Gasteiger partial charge in [0.15, 0.2) is 0 Å². The molecule has 0 bridgehead atoms. The van der Waals surface area contributed by atoms with Crippen molar-refractivity contribution >= 4 is 0 Å². The van der Waals surface area contributed by atoms with E-state index >= 15 is 0 Å². The third-order valence-corrected chi connectivity index (χ3v) is 4.59. The largest absolute Gasteiger partial charge is 0.494 e. The number of rotatable bonds is 7. The van der Waals surface area contributed by atoms with Crippen LogP contribution in [0.2, 0.25) is 0 Å². The Morgan fingerprint density at radius 1 is 1.14 bits per heavy atom. The summed E-state index contributed by atoms with van der Waals surface area (Å²) in [6.07, 6.45) is 9.68. The Hall–Kier alpha value is -1.02. The zero-order valence-corrected chi connectivity index (χ0v) is 13.7. The molecule has 0 saturated heterocycles. The highest BCUT2D eigenvalue weighted by atomic mass is 16.5. The van der Waals surface area contributed by atoms with Crippen LogP contribution in [0.5, 0.6) is 5.75 Å². The Balaban J connectivity index is 1.78. The lowest BCUT2D eigenvalue weighted by Crippen LogP contribution is -2.28. The lowest BCUT2D eigenvalue weighted by Gasteiger charge is -2.17. The van der Waals surface area contributed by atoms with Gasteiger partial charge in [-0.3, -0.25) is 0 Å². The van der Waals surface area contributed by atoms with Crippen LogP contribution in [0.1, 0.15) is 64.4 Å². The van der Waals surface area contributed by atoms with E-state index in [4.69, 9.17) is 4.74 Å². The molecule has 0 aromatic heterocycles. The zero-order chi connectivity index (χ0) is 14.9. The monoisotopic (exact) mass is 289 g/mol. The third-order valence-electron chi connectivity index (χ3n) is 4.59. The van der Waals surface area contributed by atoms with Crippen LogP contribution >= 0.6 is 0 Å². The van der Waals surface area contributed by atoms with Gasteiger partial charge < -0.3 is 10.1 Å². The number of benzene rings is 1. The molecule has 0 radical (unpaired) electrons. The average molecular weight is 289 g/mol. The molecule has 118 valence electrons. The standard InChI is InChI=1S/C19H31NO/c1-3-7-16-8-5-10-18(13-12-16)20-15-17-9-6-11-19(14-17)21-4-2/h6,9,11,14,16,18,20H,3-5,7-8,10,12-13,15H2,1-2H3. The Bertz CT molecular complexity index is 404. The molecule has 21 heavy (non-hydrogen) atoms. The van der Waals surface area contributed by atoms with Crippen molar-refractivity contribution in [3.8, 4) is 5.75 Å². The minimum Gasteiger partial charge on any atom is -0.494 e. The van der Waals surface area contributed by atoms with Gasteiger partial charge in [-0.05, 0) is 49.8 Å². The maximum atomic E-state index is 5.57. The van der Waals surface area contributed by atoms with Crippen molar-refractivity contribution in [3.05, 3.63) is 29.8 Å². The minimum atomic E-state index is 0.697. The van der Waals surface area contributed by atoms with Gasteiger partial charge in [-0.2, -0.15) is 0 Å². The molecule has 1 aliphatic rings. The first-order valence-electron chi connectivity index (χ1n) is 8.77. The molecular weight excluding hydrogens is 258 g/mol. The van der Waals surface area contributed by atoms with E-state index in [-0.39, 0.29) is 0 Å². The fraction of sp³-hybridized carbons (Fsp3) is 0.684. The fourth-order valence-electron chi connectivity index (χ4n) is 3.45. The molecule has 0 spiro atoms. The van der Waals surface area contributed by atoms with Gasteiger partial charge in [0.25, 0.3) is 0 Å². The van der Waals surface area contributed by atoms with E-state index in [9.17, 15) is 0 Å². The maximum absolute atomic E-state index is 5.57. The van der Waals surface area contributed by atoms with Crippen LogP contribution in [0.3, 0.4) is 0 Å². The molecule has 0 amide bonds. The summed E-state index contributed by atoms with van der Waals surface area (Å²) in [5, 5.41) is 3.75. The molecule has 1 aromatic carbocycles. The van der Waals surface area contributed by atoms with E-state index in [2.05, 4.69) is 30.4 Å². The van der Waals surface area contributed by atoms with Crippen LogP contribution in [0.4, 0.5) is 0 Å². The van der Waals surface area contributed by atoms with Gasteiger partial charge in [0.05, 0.1) is 6.61 Å². The lowest BCUT2D eigenvalue weighted by molar-refractivity contribution is 0.339. The molecule has 1 aromatic rings. The van der Waals surface area contributed by atoms with Gasteiger partial charge in [-0.15, -0.1) is 0 Å². The highest BCUT2D eigenvalue weighted by Gasteiger charge is 2.17. The van der Waals surface area contributed by atoms with E-state index in [1.54, 1.807) is 0 Å². The van der Waals surface area contributed by atoms with Gasteiger partial charge in [-0.1, -0.05) is 44.7 Å². The molecule has 2 atom stereocenters. The first-order chi connectivity index (χ1) is 10.3. The summed E-state index contributed by atoms with van der Waals surface area (Å²) < 4.78 is 5.57. The van der Waals surface area contributed by atoms with E-state index in [1.807, 2.05) is 13.0 Å². The van der Waals surface area contributed by atoms with Crippen molar-refractivity contribution in [2.24, 2.45) is 5.92 Å². The molecule has 0 heterocycles. The molecule has 1 N–H and O–H groups in total. The SMILES string of the molecule is CCCC1CCCC(NCc2cccc(OCC)c2)CC1. The second kappa shape index (κ2) is 9.09. The summed E-state index contributed by atoms with van der Waals surface area (Å²) in [5.74, 6) is 1.96. The van der Waals surface area contributed by atoms with E-state index in [0.717, 1.165) is 24.8 Å². The Morgan fingerprint density at radius 3 is 2.86 bits per heavy atom. The fourth-order valence-corrected chi connectivity index (χ4v) is 3.45. The second-order valence-corrected chi connectivity index (χ2v) is 6.32. The van der Waals surface area contributed by atoms with Crippen LogP contribution < -0.4 is 10.1 Å². The van der Waals surface area contributed by atoms with Gasteiger partial charge in [0.2, 0.25) is 0 Å². The number of ether oxygens (including phenoxy) is 1. The Kier molecular flexibility index (Phi) is 7.08. The maximum Gasteiger partial charge on any atom is 0.119 e. The molecule has 2 unspecified atom stereocenters. The molecule has 1 aliphatic carbocycles. The van der Waals surface area contributed by atoms with Gasteiger partial charge in [0, 0.05) is 12.6 Å². The molecule has 0 aliphatic heterocycles. The highest BCUT2D eigenvalue weighted by molar-refractivity contribution is 5.28. The zero-order valence-electron chi connectivity index (χ0n) is 13.7. The summed E-state index contributed by atoms with van der Waals surface area (Å²) in [6.45, 7) is 6.04. The van der Waals surface area contributed by atoms with Crippen molar-refractivity contribution < 1.29 is 4.74 Å². The Labute approximate surface area is 130 Å². The van der Waals surface area contributed by atoms with E-state index in [1.165, 1.54) is 50.5 Å². The smallest absolute Gasteiger partial charge is 0.119 e.